The van der Waals surface area contributed by atoms with Crippen molar-refractivity contribution in [3.8, 4) is 0 Å². The van der Waals surface area contributed by atoms with Crippen LogP contribution in [0.15, 0.2) is 36.5 Å². The molecule has 0 atom stereocenters. The van der Waals surface area contributed by atoms with Gasteiger partial charge in [-0.15, -0.1) is 5.10 Å². The Balaban J connectivity index is 1.62. The molecule has 2 heterocycles. The first-order chi connectivity index (χ1) is 11.4. The molecule has 1 amide bonds. The lowest BCUT2D eigenvalue weighted by Gasteiger charge is -2.37. The normalized spacial score (nSPS) is 15.9. The molecule has 1 aromatic carbocycles. The Morgan fingerprint density at radius 2 is 1.92 bits per heavy atom. The fourth-order valence-electron chi connectivity index (χ4n) is 2.47. The van der Waals surface area contributed by atoms with E-state index in [0.717, 1.165) is 5.56 Å². The summed E-state index contributed by atoms with van der Waals surface area (Å²) in [7, 11) is -0.0609. The van der Waals surface area contributed by atoms with E-state index in [9.17, 15) is 13.2 Å². The van der Waals surface area contributed by atoms with Gasteiger partial charge in [-0.2, -0.15) is 4.31 Å². The van der Waals surface area contributed by atoms with Crippen LogP contribution in [0.3, 0.4) is 0 Å². The number of carbonyl (C=O) groups is 1. The van der Waals surface area contributed by atoms with Gasteiger partial charge in [-0.05, 0) is 5.56 Å². The van der Waals surface area contributed by atoms with Crippen LogP contribution in [0, 0.1) is 0 Å². The Kier molecular flexibility index (Phi) is 4.37. The zero-order valence-electron chi connectivity index (χ0n) is 13.5. The molecule has 0 N–H and O–H groups in total. The number of benzene rings is 1. The van der Waals surface area contributed by atoms with Crippen LogP contribution in [0.1, 0.15) is 22.1 Å². The predicted molar refractivity (Wildman–Crippen MR) is 87.7 cm³/mol. The van der Waals surface area contributed by atoms with Gasteiger partial charge in [-0.25, -0.2) is 13.1 Å². The molecule has 2 aromatic rings. The van der Waals surface area contributed by atoms with Gasteiger partial charge < -0.3 is 4.90 Å². The molecular weight excluding hydrogens is 330 g/mol. The van der Waals surface area contributed by atoms with Crippen molar-refractivity contribution in [2.75, 3.05) is 27.2 Å². The van der Waals surface area contributed by atoms with Gasteiger partial charge in [0.05, 0.1) is 18.0 Å². The van der Waals surface area contributed by atoms with E-state index in [4.69, 9.17) is 0 Å². The fraction of sp³-hybridized carbons (Fsp3) is 0.400. The van der Waals surface area contributed by atoms with Crippen molar-refractivity contribution in [2.24, 2.45) is 0 Å². The van der Waals surface area contributed by atoms with Crippen molar-refractivity contribution in [1.29, 1.82) is 0 Å². The zero-order valence-corrected chi connectivity index (χ0v) is 14.3. The maximum absolute atomic E-state index is 12.4. The molecule has 1 aliphatic heterocycles. The highest BCUT2D eigenvalue weighted by molar-refractivity contribution is 7.88. The van der Waals surface area contributed by atoms with Crippen molar-refractivity contribution in [2.45, 2.75) is 11.8 Å². The second-order valence-electron chi connectivity index (χ2n) is 6.00. The molecule has 1 aliphatic rings. The average Bonchev–Trinajstić information content (AvgIpc) is 2.94. The third-order valence-electron chi connectivity index (χ3n) is 3.92. The van der Waals surface area contributed by atoms with E-state index in [0.29, 0.717) is 13.1 Å². The SMILES string of the molecule is CN(C)C(=O)c1cn(C2CN(S(=O)(=O)Cc3ccccc3)C2)nn1. The molecule has 8 nitrogen and oxygen atoms in total. The minimum atomic E-state index is -3.34. The summed E-state index contributed by atoms with van der Waals surface area (Å²) in [4.78, 5) is 13.2. The van der Waals surface area contributed by atoms with Gasteiger partial charge in [0.15, 0.2) is 5.69 Å². The van der Waals surface area contributed by atoms with E-state index < -0.39 is 10.0 Å². The first-order valence-electron chi connectivity index (χ1n) is 7.52. The van der Waals surface area contributed by atoms with Crippen LogP contribution in [0.4, 0.5) is 0 Å². The summed E-state index contributed by atoms with van der Waals surface area (Å²) in [5.41, 5.74) is 1.02. The fourth-order valence-corrected chi connectivity index (χ4v) is 4.06. The maximum Gasteiger partial charge on any atom is 0.275 e. The lowest BCUT2D eigenvalue weighted by molar-refractivity contribution is 0.0821. The van der Waals surface area contributed by atoms with Crippen molar-refractivity contribution in [3.63, 3.8) is 0 Å². The standard InChI is InChI=1S/C15H19N5O3S/c1-18(2)15(21)14-10-20(17-16-14)13-8-19(9-13)24(22,23)11-12-6-4-3-5-7-12/h3-7,10,13H,8-9,11H2,1-2H3. The molecule has 0 spiro atoms. The summed E-state index contributed by atoms with van der Waals surface area (Å²) in [6.07, 6.45) is 1.56. The lowest BCUT2D eigenvalue weighted by Crippen LogP contribution is -2.51. The molecule has 24 heavy (non-hydrogen) atoms. The van der Waals surface area contributed by atoms with E-state index in [1.165, 1.54) is 9.21 Å². The Labute approximate surface area is 140 Å². The van der Waals surface area contributed by atoms with Crippen LogP contribution >= 0.6 is 0 Å². The molecule has 0 saturated carbocycles. The lowest BCUT2D eigenvalue weighted by atomic mass is 10.2. The van der Waals surface area contributed by atoms with Gasteiger partial charge in [0.25, 0.3) is 5.91 Å². The largest absolute Gasteiger partial charge is 0.343 e. The van der Waals surface area contributed by atoms with Crippen LogP contribution in [0.25, 0.3) is 0 Å². The van der Waals surface area contributed by atoms with Gasteiger partial charge >= 0.3 is 0 Å². The van der Waals surface area contributed by atoms with Crippen molar-refractivity contribution >= 4 is 15.9 Å². The van der Waals surface area contributed by atoms with Gasteiger partial charge in [0, 0.05) is 27.2 Å². The quantitative estimate of drug-likeness (QED) is 0.778. The molecule has 0 unspecified atom stereocenters. The summed E-state index contributed by atoms with van der Waals surface area (Å²) in [5.74, 6) is -0.239. The van der Waals surface area contributed by atoms with Crippen LogP contribution in [-0.2, 0) is 15.8 Å². The third-order valence-corrected chi connectivity index (χ3v) is 5.71. The Bertz CT molecular complexity index is 826. The number of nitrogens with zero attached hydrogens (tertiary/aromatic N) is 5. The minimum absolute atomic E-state index is 0.0116. The molecule has 128 valence electrons. The predicted octanol–water partition coefficient (Wildman–Crippen LogP) is 0.367. The van der Waals surface area contributed by atoms with Crippen molar-refractivity contribution in [1.82, 2.24) is 24.2 Å². The second kappa shape index (κ2) is 6.33. The number of hydrogen-bond acceptors (Lipinski definition) is 5. The van der Waals surface area contributed by atoms with Crippen LogP contribution in [-0.4, -0.2) is 65.7 Å². The van der Waals surface area contributed by atoms with Gasteiger partial charge in [-0.3, -0.25) is 4.79 Å². The van der Waals surface area contributed by atoms with E-state index >= 15 is 0 Å². The Morgan fingerprint density at radius 3 is 2.54 bits per heavy atom. The highest BCUT2D eigenvalue weighted by atomic mass is 32.2. The topological polar surface area (TPSA) is 88.4 Å². The smallest absolute Gasteiger partial charge is 0.275 e. The number of rotatable bonds is 5. The van der Waals surface area contributed by atoms with Crippen LogP contribution < -0.4 is 0 Å². The molecule has 0 bridgehead atoms. The highest BCUT2D eigenvalue weighted by Crippen LogP contribution is 2.25. The summed E-state index contributed by atoms with van der Waals surface area (Å²) >= 11 is 0. The number of hydrogen-bond donors (Lipinski definition) is 0. The highest BCUT2D eigenvalue weighted by Gasteiger charge is 2.37. The third kappa shape index (κ3) is 3.31. The van der Waals surface area contributed by atoms with Crippen molar-refractivity contribution < 1.29 is 13.2 Å². The summed E-state index contributed by atoms with van der Waals surface area (Å²) in [6, 6.07) is 9.00. The number of carbonyl (C=O) groups excluding carboxylic acids is 1. The van der Waals surface area contributed by atoms with Gasteiger partial charge in [0.1, 0.15) is 0 Å². The van der Waals surface area contributed by atoms with Crippen molar-refractivity contribution in [3.05, 3.63) is 47.8 Å². The summed E-state index contributed by atoms with van der Waals surface area (Å²) in [5, 5.41) is 7.79. The average molecular weight is 349 g/mol. The number of aromatic nitrogens is 3. The molecule has 0 aliphatic carbocycles. The first-order valence-corrected chi connectivity index (χ1v) is 9.13. The maximum atomic E-state index is 12.4. The van der Waals surface area contributed by atoms with Crippen LogP contribution in [0.2, 0.25) is 0 Å². The molecule has 1 saturated heterocycles. The molecule has 1 fully saturated rings. The molecule has 1 aromatic heterocycles. The molecular formula is C15H19N5O3S. The van der Waals surface area contributed by atoms with E-state index in [1.54, 1.807) is 37.1 Å². The number of sulfonamides is 1. The minimum Gasteiger partial charge on any atom is -0.343 e. The van der Waals surface area contributed by atoms with E-state index in [-0.39, 0.29) is 23.4 Å². The van der Waals surface area contributed by atoms with E-state index in [1.807, 2.05) is 18.2 Å². The van der Waals surface area contributed by atoms with E-state index in [2.05, 4.69) is 10.3 Å². The molecule has 9 heteroatoms. The Morgan fingerprint density at radius 1 is 1.25 bits per heavy atom. The number of amides is 1. The zero-order chi connectivity index (χ0) is 17.3. The van der Waals surface area contributed by atoms with Gasteiger partial charge in [-0.1, -0.05) is 35.5 Å². The van der Waals surface area contributed by atoms with Crippen LogP contribution in [0.5, 0.6) is 0 Å². The molecule has 3 rings (SSSR count). The first kappa shape index (κ1) is 16.6. The molecule has 0 radical (unpaired) electrons. The summed E-state index contributed by atoms with van der Waals surface area (Å²) in [6.45, 7) is 0.683. The van der Waals surface area contributed by atoms with Gasteiger partial charge in [0.2, 0.25) is 10.0 Å². The second-order valence-corrected chi connectivity index (χ2v) is 7.96. The summed E-state index contributed by atoms with van der Waals surface area (Å²) < 4.78 is 27.8. The monoisotopic (exact) mass is 349 g/mol. The Hall–Kier alpha value is -2.26.